The fraction of sp³-hybridized carbons (Fsp3) is 0.682. The van der Waals surface area contributed by atoms with Crippen LogP contribution in [0.15, 0.2) is 24.3 Å². The number of nitrogens with zero attached hydrogens (tertiary/aromatic N) is 2. The van der Waals surface area contributed by atoms with Crippen molar-refractivity contribution in [1.29, 1.82) is 0 Å². The average molecular weight is 357 g/mol. The average Bonchev–Trinajstić information content (AvgIpc) is 2.96. The fourth-order valence-corrected chi connectivity index (χ4v) is 5.16. The van der Waals surface area contributed by atoms with Gasteiger partial charge in [0.05, 0.1) is 0 Å². The Morgan fingerprint density at radius 2 is 1.96 bits per heavy atom. The maximum absolute atomic E-state index is 12.6. The van der Waals surface area contributed by atoms with Gasteiger partial charge in [0.15, 0.2) is 0 Å². The van der Waals surface area contributed by atoms with Crippen LogP contribution in [0.1, 0.15) is 43.7 Å². The third-order valence-corrected chi connectivity index (χ3v) is 6.60. The van der Waals surface area contributed by atoms with Gasteiger partial charge in [0, 0.05) is 51.2 Å². The number of hydrogen-bond donors (Lipinski definition) is 0. The molecule has 1 atom stereocenters. The van der Waals surface area contributed by atoms with Crippen molar-refractivity contribution in [2.24, 2.45) is 11.3 Å². The molecule has 3 aliphatic heterocycles. The van der Waals surface area contributed by atoms with Gasteiger partial charge in [-0.3, -0.25) is 4.79 Å². The van der Waals surface area contributed by atoms with E-state index in [2.05, 4.69) is 34.1 Å². The van der Waals surface area contributed by atoms with Gasteiger partial charge < -0.3 is 14.5 Å². The third-order valence-electron chi connectivity index (χ3n) is 6.60. The van der Waals surface area contributed by atoms with Crippen LogP contribution < -0.4 is 0 Å². The number of fused-ring (bicyclic) bond motifs is 1. The summed E-state index contributed by atoms with van der Waals surface area (Å²) in [6, 6.07) is 8.74. The standard InChI is InChI=1S/C22H32N2O2/c1-2-21(25)24-15-20-6-4-3-5-19(20)13-22(17-24)9-10-23(16-22)14-18-7-11-26-12-8-18/h3-6,18H,2,7-17H2,1H3. The summed E-state index contributed by atoms with van der Waals surface area (Å²) in [5.41, 5.74) is 3.02. The van der Waals surface area contributed by atoms with Gasteiger partial charge in [-0.25, -0.2) is 0 Å². The van der Waals surface area contributed by atoms with Crippen LogP contribution in [0.4, 0.5) is 0 Å². The molecule has 1 aromatic carbocycles. The number of amides is 1. The number of ether oxygens (including phenoxy) is 1. The molecule has 1 spiro atoms. The van der Waals surface area contributed by atoms with Crippen molar-refractivity contribution in [3.8, 4) is 0 Å². The lowest BCUT2D eigenvalue weighted by Gasteiger charge is -2.34. The molecule has 3 aliphatic rings. The smallest absolute Gasteiger partial charge is 0.222 e. The Balaban J connectivity index is 1.51. The second-order valence-corrected chi connectivity index (χ2v) is 8.59. The van der Waals surface area contributed by atoms with Crippen molar-refractivity contribution < 1.29 is 9.53 Å². The number of likely N-dealkylation sites (tertiary alicyclic amines) is 1. The molecule has 26 heavy (non-hydrogen) atoms. The molecule has 2 fully saturated rings. The van der Waals surface area contributed by atoms with E-state index in [9.17, 15) is 4.79 Å². The lowest BCUT2D eigenvalue weighted by molar-refractivity contribution is -0.132. The van der Waals surface area contributed by atoms with Gasteiger partial charge >= 0.3 is 0 Å². The van der Waals surface area contributed by atoms with Crippen molar-refractivity contribution >= 4 is 5.91 Å². The summed E-state index contributed by atoms with van der Waals surface area (Å²) in [6.07, 6.45) is 5.32. The van der Waals surface area contributed by atoms with Gasteiger partial charge in [0.1, 0.15) is 0 Å². The summed E-state index contributed by atoms with van der Waals surface area (Å²) in [4.78, 5) is 17.4. The van der Waals surface area contributed by atoms with Crippen LogP contribution >= 0.6 is 0 Å². The Morgan fingerprint density at radius 1 is 1.19 bits per heavy atom. The van der Waals surface area contributed by atoms with Gasteiger partial charge in [-0.1, -0.05) is 31.2 Å². The van der Waals surface area contributed by atoms with Crippen LogP contribution in [-0.4, -0.2) is 55.1 Å². The topological polar surface area (TPSA) is 32.8 Å². The normalized spacial score (nSPS) is 27.5. The first-order chi connectivity index (χ1) is 12.7. The first-order valence-corrected chi connectivity index (χ1v) is 10.3. The Hall–Kier alpha value is -1.39. The van der Waals surface area contributed by atoms with E-state index in [-0.39, 0.29) is 5.41 Å². The Kier molecular flexibility index (Phi) is 5.32. The van der Waals surface area contributed by atoms with Crippen molar-refractivity contribution in [3.63, 3.8) is 0 Å². The van der Waals surface area contributed by atoms with E-state index in [4.69, 9.17) is 4.74 Å². The van der Waals surface area contributed by atoms with Crippen LogP contribution in [0.5, 0.6) is 0 Å². The van der Waals surface area contributed by atoms with E-state index in [0.717, 1.165) is 45.2 Å². The highest BCUT2D eigenvalue weighted by Crippen LogP contribution is 2.39. The molecule has 4 heteroatoms. The molecule has 0 radical (unpaired) electrons. The van der Waals surface area contributed by atoms with Crippen LogP contribution in [0.3, 0.4) is 0 Å². The molecule has 3 heterocycles. The molecule has 1 unspecified atom stereocenters. The molecule has 0 aromatic heterocycles. The van der Waals surface area contributed by atoms with Gasteiger partial charge in [0.25, 0.3) is 0 Å². The van der Waals surface area contributed by atoms with Gasteiger partial charge in [-0.2, -0.15) is 0 Å². The predicted octanol–water partition coefficient (Wildman–Crippen LogP) is 3.10. The minimum Gasteiger partial charge on any atom is -0.381 e. The zero-order valence-corrected chi connectivity index (χ0v) is 16.1. The summed E-state index contributed by atoms with van der Waals surface area (Å²) in [5, 5.41) is 0. The quantitative estimate of drug-likeness (QED) is 0.834. The van der Waals surface area contributed by atoms with Crippen LogP contribution in [0.2, 0.25) is 0 Å². The molecule has 1 aromatic rings. The Bertz CT molecular complexity index is 641. The van der Waals surface area contributed by atoms with E-state index in [0.29, 0.717) is 12.3 Å². The maximum atomic E-state index is 12.6. The number of rotatable bonds is 3. The second kappa shape index (κ2) is 7.69. The number of carbonyl (C=O) groups excluding carboxylic acids is 1. The van der Waals surface area contributed by atoms with Crippen LogP contribution in [-0.2, 0) is 22.5 Å². The molecular weight excluding hydrogens is 324 g/mol. The molecule has 0 saturated carbocycles. The molecule has 0 N–H and O–H groups in total. The SMILES string of the molecule is CCC(=O)N1Cc2ccccc2CC2(CCN(CC3CCOCC3)C2)C1. The second-order valence-electron chi connectivity index (χ2n) is 8.59. The van der Waals surface area contributed by atoms with Crippen LogP contribution in [0, 0.1) is 11.3 Å². The molecule has 4 nitrogen and oxygen atoms in total. The predicted molar refractivity (Wildman–Crippen MR) is 103 cm³/mol. The van der Waals surface area contributed by atoms with Gasteiger partial charge in [-0.05, 0) is 49.3 Å². The summed E-state index contributed by atoms with van der Waals surface area (Å²) in [5.74, 6) is 1.08. The summed E-state index contributed by atoms with van der Waals surface area (Å²) >= 11 is 0. The molecule has 1 amide bonds. The Morgan fingerprint density at radius 3 is 2.73 bits per heavy atom. The molecule has 0 bridgehead atoms. The zero-order chi connectivity index (χ0) is 18.0. The first-order valence-electron chi connectivity index (χ1n) is 10.3. The molecule has 2 saturated heterocycles. The molecule has 142 valence electrons. The minimum absolute atomic E-state index is 0.225. The lowest BCUT2D eigenvalue weighted by Crippen LogP contribution is -2.42. The number of benzene rings is 1. The van der Waals surface area contributed by atoms with E-state index < -0.39 is 0 Å². The van der Waals surface area contributed by atoms with E-state index in [1.54, 1.807) is 0 Å². The highest BCUT2D eigenvalue weighted by Gasteiger charge is 2.42. The monoisotopic (exact) mass is 356 g/mol. The van der Waals surface area contributed by atoms with Crippen molar-refractivity contribution in [1.82, 2.24) is 9.80 Å². The summed E-state index contributed by atoms with van der Waals surface area (Å²) in [7, 11) is 0. The Labute approximate surface area is 157 Å². The first kappa shape index (κ1) is 18.0. The van der Waals surface area contributed by atoms with Gasteiger partial charge in [-0.15, -0.1) is 0 Å². The number of hydrogen-bond acceptors (Lipinski definition) is 3. The summed E-state index contributed by atoms with van der Waals surface area (Å²) in [6.45, 7) is 9.04. The summed E-state index contributed by atoms with van der Waals surface area (Å²) < 4.78 is 5.52. The molecular formula is C22H32N2O2. The highest BCUT2D eigenvalue weighted by molar-refractivity contribution is 5.76. The van der Waals surface area contributed by atoms with Crippen molar-refractivity contribution in [2.75, 3.05) is 39.4 Å². The third kappa shape index (κ3) is 3.81. The lowest BCUT2D eigenvalue weighted by atomic mass is 9.80. The largest absolute Gasteiger partial charge is 0.381 e. The fourth-order valence-electron chi connectivity index (χ4n) is 5.16. The molecule has 0 aliphatic carbocycles. The minimum atomic E-state index is 0.225. The van der Waals surface area contributed by atoms with E-state index >= 15 is 0 Å². The van der Waals surface area contributed by atoms with Gasteiger partial charge in [0.2, 0.25) is 5.91 Å². The zero-order valence-electron chi connectivity index (χ0n) is 16.1. The highest BCUT2D eigenvalue weighted by atomic mass is 16.5. The van der Waals surface area contributed by atoms with E-state index in [1.807, 2.05) is 6.92 Å². The number of carbonyl (C=O) groups is 1. The van der Waals surface area contributed by atoms with E-state index in [1.165, 1.54) is 43.5 Å². The van der Waals surface area contributed by atoms with Crippen molar-refractivity contribution in [3.05, 3.63) is 35.4 Å². The van der Waals surface area contributed by atoms with Crippen molar-refractivity contribution in [2.45, 2.75) is 45.6 Å². The molecule has 4 rings (SSSR count). The van der Waals surface area contributed by atoms with Crippen LogP contribution in [0.25, 0.3) is 0 Å². The maximum Gasteiger partial charge on any atom is 0.222 e.